The summed E-state index contributed by atoms with van der Waals surface area (Å²) in [5.41, 5.74) is 0.271. The first kappa shape index (κ1) is 16.8. The lowest BCUT2D eigenvalue weighted by molar-refractivity contribution is -0.119. The molecule has 21 heavy (non-hydrogen) atoms. The number of rotatable bonds is 5. The molecule has 3 N–H and O–H groups in total. The van der Waals surface area contributed by atoms with E-state index in [9.17, 15) is 9.59 Å². The first-order valence-corrected chi connectivity index (χ1v) is 6.83. The first-order chi connectivity index (χ1) is 9.78. The van der Waals surface area contributed by atoms with Crippen molar-refractivity contribution in [1.29, 1.82) is 0 Å². The molecule has 0 heterocycles. The Labute approximate surface area is 125 Å². The highest BCUT2D eigenvalue weighted by Crippen LogP contribution is 2.23. The second kappa shape index (κ2) is 7.52. The van der Waals surface area contributed by atoms with Gasteiger partial charge in [0.1, 0.15) is 12.4 Å². The Morgan fingerprint density at radius 2 is 1.86 bits per heavy atom. The van der Waals surface area contributed by atoms with Crippen LogP contribution in [0.1, 0.15) is 27.7 Å². The van der Waals surface area contributed by atoms with Crippen LogP contribution in [0.15, 0.2) is 24.3 Å². The Balaban J connectivity index is 2.58. The van der Waals surface area contributed by atoms with Crippen molar-refractivity contribution in [2.45, 2.75) is 33.2 Å². The summed E-state index contributed by atoms with van der Waals surface area (Å²) in [6, 6.07) is 6.87. The Bertz CT molecular complexity index is 495. The monoisotopic (exact) mass is 293 g/mol. The van der Waals surface area contributed by atoms with Crippen LogP contribution in [0.4, 0.5) is 10.5 Å². The van der Waals surface area contributed by atoms with Crippen molar-refractivity contribution in [3.8, 4) is 5.75 Å². The van der Waals surface area contributed by atoms with Crippen LogP contribution >= 0.6 is 0 Å². The van der Waals surface area contributed by atoms with Crippen molar-refractivity contribution in [2.75, 3.05) is 18.5 Å². The maximum absolute atomic E-state index is 11.9. The Morgan fingerprint density at radius 1 is 1.19 bits per heavy atom. The van der Waals surface area contributed by atoms with E-state index in [1.165, 1.54) is 6.92 Å². The van der Waals surface area contributed by atoms with Crippen LogP contribution in [0.25, 0.3) is 0 Å². The van der Waals surface area contributed by atoms with Crippen LogP contribution in [0.3, 0.4) is 0 Å². The van der Waals surface area contributed by atoms with Gasteiger partial charge in [0.25, 0.3) is 0 Å². The molecule has 1 aromatic rings. The molecule has 0 saturated heterocycles. The minimum Gasteiger partial charge on any atom is -0.490 e. The summed E-state index contributed by atoms with van der Waals surface area (Å²) in [5.74, 6) is 0.460. The van der Waals surface area contributed by atoms with Crippen molar-refractivity contribution in [3.05, 3.63) is 24.3 Å². The number of para-hydroxylation sites is 2. The van der Waals surface area contributed by atoms with Gasteiger partial charge in [0.2, 0.25) is 5.91 Å². The third kappa shape index (κ3) is 7.20. The van der Waals surface area contributed by atoms with E-state index < -0.39 is 0 Å². The lowest BCUT2D eigenvalue weighted by Gasteiger charge is -2.21. The van der Waals surface area contributed by atoms with E-state index >= 15 is 0 Å². The molecular weight excluding hydrogens is 270 g/mol. The third-order valence-electron chi connectivity index (χ3n) is 2.36. The minimum absolute atomic E-state index is 0.102. The highest BCUT2D eigenvalue weighted by atomic mass is 16.5. The van der Waals surface area contributed by atoms with Crippen LogP contribution in [0.2, 0.25) is 0 Å². The minimum atomic E-state index is -0.314. The van der Waals surface area contributed by atoms with Crippen molar-refractivity contribution < 1.29 is 14.3 Å². The van der Waals surface area contributed by atoms with Crippen molar-refractivity contribution in [3.63, 3.8) is 0 Å². The standard InChI is InChI=1S/C15H23N3O3/c1-11(19)16-9-10-21-13-8-6-5-7-12(13)17-14(20)18-15(2,3)4/h5-8H,9-10H2,1-4H3,(H,16,19)(H2,17,18,20). The molecule has 0 atom stereocenters. The highest BCUT2D eigenvalue weighted by molar-refractivity contribution is 5.91. The van der Waals surface area contributed by atoms with Gasteiger partial charge >= 0.3 is 6.03 Å². The van der Waals surface area contributed by atoms with E-state index in [-0.39, 0.29) is 17.5 Å². The van der Waals surface area contributed by atoms with Gasteiger partial charge in [-0.2, -0.15) is 0 Å². The summed E-state index contributed by atoms with van der Waals surface area (Å²) in [7, 11) is 0. The largest absolute Gasteiger partial charge is 0.490 e. The maximum atomic E-state index is 11.9. The fourth-order valence-corrected chi connectivity index (χ4v) is 1.58. The van der Waals surface area contributed by atoms with E-state index in [0.29, 0.717) is 24.6 Å². The molecule has 0 aliphatic rings. The molecule has 0 fully saturated rings. The number of carbonyl (C=O) groups is 2. The molecule has 0 unspecified atom stereocenters. The molecule has 0 saturated carbocycles. The molecule has 0 aromatic heterocycles. The molecular formula is C15H23N3O3. The molecule has 0 radical (unpaired) electrons. The van der Waals surface area contributed by atoms with E-state index in [4.69, 9.17) is 4.74 Å². The summed E-state index contributed by atoms with van der Waals surface area (Å²) in [6.07, 6.45) is 0. The van der Waals surface area contributed by atoms with Gasteiger partial charge in [-0.1, -0.05) is 12.1 Å². The molecule has 1 rings (SSSR count). The van der Waals surface area contributed by atoms with Gasteiger partial charge in [-0.15, -0.1) is 0 Å². The number of benzene rings is 1. The number of anilines is 1. The fraction of sp³-hybridized carbons (Fsp3) is 0.467. The molecule has 3 amide bonds. The Morgan fingerprint density at radius 3 is 2.48 bits per heavy atom. The topological polar surface area (TPSA) is 79.5 Å². The van der Waals surface area contributed by atoms with Crippen LogP contribution in [0, 0.1) is 0 Å². The Hall–Kier alpha value is -2.24. The SMILES string of the molecule is CC(=O)NCCOc1ccccc1NC(=O)NC(C)(C)C. The van der Waals surface area contributed by atoms with Gasteiger partial charge in [-0.05, 0) is 32.9 Å². The molecule has 0 spiro atoms. The predicted molar refractivity (Wildman–Crippen MR) is 82.5 cm³/mol. The molecule has 0 aliphatic carbocycles. The number of hydrogen-bond acceptors (Lipinski definition) is 3. The van der Waals surface area contributed by atoms with Gasteiger partial charge in [0.15, 0.2) is 0 Å². The number of carbonyl (C=O) groups excluding carboxylic acids is 2. The summed E-state index contributed by atoms with van der Waals surface area (Å²) in [5, 5.41) is 8.21. The zero-order valence-corrected chi connectivity index (χ0v) is 12.9. The van der Waals surface area contributed by atoms with Crippen LogP contribution in [-0.2, 0) is 4.79 Å². The molecule has 6 nitrogen and oxygen atoms in total. The van der Waals surface area contributed by atoms with Crippen molar-refractivity contribution in [1.82, 2.24) is 10.6 Å². The number of nitrogens with one attached hydrogen (secondary N) is 3. The molecule has 6 heteroatoms. The summed E-state index contributed by atoms with van der Waals surface area (Å²) < 4.78 is 5.56. The van der Waals surface area contributed by atoms with E-state index in [0.717, 1.165) is 0 Å². The quantitative estimate of drug-likeness (QED) is 0.728. The average molecular weight is 293 g/mol. The lowest BCUT2D eigenvalue weighted by Crippen LogP contribution is -2.43. The summed E-state index contributed by atoms with van der Waals surface area (Å²) in [4.78, 5) is 22.6. The van der Waals surface area contributed by atoms with Gasteiger partial charge in [0.05, 0.1) is 12.2 Å². The first-order valence-electron chi connectivity index (χ1n) is 6.83. The van der Waals surface area contributed by atoms with E-state index in [2.05, 4.69) is 16.0 Å². The zero-order valence-electron chi connectivity index (χ0n) is 12.9. The predicted octanol–water partition coefficient (Wildman–Crippen LogP) is 2.12. The van der Waals surface area contributed by atoms with Gasteiger partial charge < -0.3 is 20.7 Å². The third-order valence-corrected chi connectivity index (χ3v) is 2.36. The summed E-state index contributed by atoms with van der Waals surface area (Å²) >= 11 is 0. The molecule has 1 aromatic carbocycles. The van der Waals surface area contributed by atoms with Crippen LogP contribution < -0.4 is 20.7 Å². The van der Waals surface area contributed by atoms with Gasteiger partial charge in [-0.3, -0.25) is 4.79 Å². The smallest absolute Gasteiger partial charge is 0.319 e. The zero-order chi connectivity index (χ0) is 15.9. The van der Waals surface area contributed by atoms with Crippen LogP contribution in [0.5, 0.6) is 5.75 Å². The van der Waals surface area contributed by atoms with E-state index in [1.54, 1.807) is 12.1 Å². The normalized spacial score (nSPS) is 10.7. The molecule has 0 aliphatic heterocycles. The van der Waals surface area contributed by atoms with E-state index in [1.807, 2.05) is 32.9 Å². The second-order valence-electron chi connectivity index (χ2n) is 5.66. The van der Waals surface area contributed by atoms with Crippen molar-refractivity contribution in [2.24, 2.45) is 0 Å². The number of hydrogen-bond donors (Lipinski definition) is 3. The van der Waals surface area contributed by atoms with Gasteiger partial charge in [0, 0.05) is 12.5 Å². The second-order valence-corrected chi connectivity index (χ2v) is 5.66. The molecule has 0 bridgehead atoms. The number of amides is 3. The number of urea groups is 1. The maximum Gasteiger partial charge on any atom is 0.319 e. The highest BCUT2D eigenvalue weighted by Gasteiger charge is 2.14. The number of ether oxygens (including phenoxy) is 1. The molecule has 116 valence electrons. The summed E-state index contributed by atoms with van der Waals surface area (Å²) in [6.45, 7) is 7.91. The van der Waals surface area contributed by atoms with Crippen molar-refractivity contribution >= 4 is 17.6 Å². The fourth-order valence-electron chi connectivity index (χ4n) is 1.58. The lowest BCUT2D eigenvalue weighted by atomic mass is 10.1. The average Bonchev–Trinajstić information content (AvgIpc) is 2.33. The Kier molecular flexibility index (Phi) is 6.02. The van der Waals surface area contributed by atoms with Crippen LogP contribution in [-0.4, -0.2) is 30.6 Å². The van der Waals surface area contributed by atoms with Gasteiger partial charge in [-0.25, -0.2) is 4.79 Å².